The van der Waals surface area contributed by atoms with Crippen LogP contribution in [0.25, 0.3) is 0 Å². The summed E-state index contributed by atoms with van der Waals surface area (Å²) in [5, 5.41) is 17.2. The second kappa shape index (κ2) is 22.7. The van der Waals surface area contributed by atoms with Crippen molar-refractivity contribution in [2.75, 3.05) is 0 Å². The zero-order valence-electron chi connectivity index (χ0n) is 14.3. The zero-order valence-corrected chi connectivity index (χ0v) is 16.1. The topological polar surface area (TPSA) is 109 Å². The first kappa shape index (κ1) is 33.1. The van der Waals surface area contributed by atoms with E-state index in [1.165, 1.54) is 26.0 Å². The van der Waals surface area contributed by atoms with Gasteiger partial charge in [0, 0.05) is 24.0 Å². The Hall–Kier alpha value is -1.62. The van der Waals surface area contributed by atoms with E-state index >= 15 is 0 Å². The number of carbonyl (C=O) groups excluding carboxylic acids is 4. The summed E-state index contributed by atoms with van der Waals surface area (Å²) in [6, 6.07) is 0. The molecule has 0 radical (unpaired) electrons. The van der Waals surface area contributed by atoms with Crippen molar-refractivity contribution in [3.8, 4) is 0 Å². The molecule has 0 aromatic heterocycles. The third-order valence-electron chi connectivity index (χ3n) is 1.84. The standard InChI is InChI=1S/2C7H12O2.2CHO.Ru/c2*1-5(2)7(9)4-6(3)8;2*1-2;/h2*4-5,8H,1-3H3;2*1H;/q;;2*-1;+2. The third kappa shape index (κ3) is 33.3. The fourth-order valence-electron chi connectivity index (χ4n) is 0.745. The number of rotatable bonds is 4. The number of aliphatic hydroxyl groups excluding tert-OH is 2. The Bertz CT molecular complexity index is 329. The summed E-state index contributed by atoms with van der Waals surface area (Å²) in [7, 11) is 0. The van der Waals surface area contributed by atoms with Gasteiger partial charge in [0.1, 0.15) is 0 Å². The van der Waals surface area contributed by atoms with Gasteiger partial charge in [-0.25, -0.2) is 0 Å². The quantitative estimate of drug-likeness (QED) is 0.240. The van der Waals surface area contributed by atoms with Crippen LogP contribution in [-0.2, 0) is 38.7 Å². The summed E-state index contributed by atoms with van der Waals surface area (Å²) in [6.45, 7) is 16.6. The molecule has 0 aliphatic carbocycles. The molecule has 6 nitrogen and oxygen atoms in total. The normalized spacial score (nSPS) is 9.91. The van der Waals surface area contributed by atoms with Crippen molar-refractivity contribution in [1.29, 1.82) is 0 Å². The van der Waals surface area contributed by atoms with Gasteiger partial charge >= 0.3 is 19.5 Å². The fourth-order valence-corrected chi connectivity index (χ4v) is 0.745. The maximum absolute atomic E-state index is 10.7. The third-order valence-corrected chi connectivity index (χ3v) is 1.84. The monoisotopic (exact) mass is 416 g/mol. The predicted molar refractivity (Wildman–Crippen MR) is 86.0 cm³/mol. The molecule has 134 valence electrons. The minimum absolute atomic E-state index is 0. The SMILES string of the molecule is CC(O)=CC(=O)C(C)C.CC(O)=CC(=O)C(C)C.[CH-]=O.[CH-]=O.[Ru+2]. The molecule has 0 bridgehead atoms. The smallest absolute Gasteiger partial charge is 0.545 e. The number of carbonyl (C=O) groups is 2. The molecule has 0 rings (SSSR count). The Morgan fingerprint density at radius 3 is 0.957 bits per heavy atom. The number of hydrogen-bond donors (Lipinski definition) is 2. The molecule has 0 unspecified atom stereocenters. The van der Waals surface area contributed by atoms with Gasteiger partial charge in [-0.1, -0.05) is 27.7 Å². The molecule has 0 aliphatic heterocycles. The van der Waals surface area contributed by atoms with Crippen LogP contribution in [0.2, 0.25) is 0 Å². The first-order chi connectivity index (χ1) is 10.1. The van der Waals surface area contributed by atoms with E-state index in [0.717, 1.165) is 0 Å². The summed E-state index contributed by atoms with van der Waals surface area (Å²) < 4.78 is 0. The van der Waals surface area contributed by atoms with Crippen molar-refractivity contribution in [3.05, 3.63) is 23.7 Å². The van der Waals surface area contributed by atoms with Crippen LogP contribution in [0.3, 0.4) is 0 Å². The van der Waals surface area contributed by atoms with Gasteiger partial charge < -0.3 is 19.8 Å². The van der Waals surface area contributed by atoms with Crippen LogP contribution in [-0.4, -0.2) is 35.4 Å². The Kier molecular flexibility index (Phi) is 32.6. The Morgan fingerprint density at radius 2 is 0.913 bits per heavy atom. The Labute approximate surface area is 151 Å². The molecule has 0 amide bonds. The minimum atomic E-state index is -0.0324. The maximum atomic E-state index is 10.7. The van der Waals surface area contributed by atoms with Gasteiger partial charge in [0.25, 0.3) is 0 Å². The van der Waals surface area contributed by atoms with E-state index < -0.39 is 0 Å². The number of allylic oxidation sites excluding steroid dienone is 4. The van der Waals surface area contributed by atoms with Gasteiger partial charge in [0.05, 0.1) is 11.5 Å². The predicted octanol–water partition coefficient (Wildman–Crippen LogP) is 2.80. The molecule has 0 aromatic rings. The van der Waals surface area contributed by atoms with E-state index in [1.54, 1.807) is 27.7 Å². The Balaban J connectivity index is -0.0000000743. The van der Waals surface area contributed by atoms with E-state index in [9.17, 15) is 9.59 Å². The van der Waals surface area contributed by atoms with Crippen LogP contribution < -0.4 is 0 Å². The maximum Gasteiger partial charge on any atom is 2.00 e. The molecule has 0 fully saturated rings. The molecular formula is C16H26O6Ru. The molecular weight excluding hydrogens is 389 g/mol. The van der Waals surface area contributed by atoms with Crippen LogP contribution in [0.5, 0.6) is 0 Å². The van der Waals surface area contributed by atoms with Gasteiger partial charge in [-0.05, 0) is 13.8 Å². The van der Waals surface area contributed by atoms with Crippen molar-refractivity contribution in [2.24, 2.45) is 11.8 Å². The van der Waals surface area contributed by atoms with Crippen LogP contribution in [0.15, 0.2) is 23.7 Å². The largest absolute Gasteiger partial charge is 2.00 e. The molecule has 0 saturated heterocycles. The van der Waals surface area contributed by atoms with E-state index in [0.29, 0.717) is 0 Å². The van der Waals surface area contributed by atoms with Crippen molar-refractivity contribution in [3.63, 3.8) is 0 Å². The van der Waals surface area contributed by atoms with E-state index in [2.05, 4.69) is 13.6 Å². The minimum Gasteiger partial charge on any atom is -0.545 e. The average molecular weight is 415 g/mol. The number of hydrogen-bond acceptors (Lipinski definition) is 6. The number of ketones is 2. The average Bonchev–Trinajstić information content (AvgIpc) is 2.42. The molecule has 0 aliphatic rings. The summed E-state index contributed by atoms with van der Waals surface area (Å²) in [5.41, 5.74) is 0. The Morgan fingerprint density at radius 1 is 0.739 bits per heavy atom. The van der Waals surface area contributed by atoms with Crippen molar-refractivity contribution >= 4 is 25.1 Å². The second-order valence-electron chi connectivity index (χ2n) is 4.69. The summed E-state index contributed by atoms with van der Waals surface area (Å²) in [6.07, 6.45) is 2.48. The fraction of sp³-hybridized carbons (Fsp3) is 0.500. The van der Waals surface area contributed by atoms with E-state index in [1.807, 2.05) is 0 Å². The van der Waals surface area contributed by atoms with Crippen LogP contribution in [0.4, 0.5) is 0 Å². The molecule has 0 spiro atoms. The number of aliphatic hydroxyl groups is 2. The van der Waals surface area contributed by atoms with Crippen molar-refractivity contribution < 1.29 is 48.9 Å². The van der Waals surface area contributed by atoms with Gasteiger partial charge in [0.15, 0.2) is 11.6 Å². The molecule has 0 saturated carbocycles. The van der Waals surface area contributed by atoms with Crippen LogP contribution >= 0.6 is 0 Å². The molecule has 0 atom stereocenters. The van der Waals surface area contributed by atoms with E-state index in [-0.39, 0.29) is 54.4 Å². The molecule has 2 N–H and O–H groups in total. The summed E-state index contributed by atoms with van der Waals surface area (Å²) in [5.74, 6) is 0.0478. The summed E-state index contributed by atoms with van der Waals surface area (Å²) >= 11 is 0. The van der Waals surface area contributed by atoms with Crippen LogP contribution in [0.1, 0.15) is 41.5 Å². The first-order valence-corrected chi connectivity index (χ1v) is 6.37. The first-order valence-electron chi connectivity index (χ1n) is 6.37. The van der Waals surface area contributed by atoms with Gasteiger partial charge in [-0.15, -0.1) is 0 Å². The molecule has 0 aromatic carbocycles. The van der Waals surface area contributed by atoms with Crippen molar-refractivity contribution in [1.82, 2.24) is 0 Å². The van der Waals surface area contributed by atoms with Crippen molar-refractivity contribution in [2.45, 2.75) is 41.5 Å². The molecule has 7 heteroatoms. The van der Waals surface area contributed by atoms with Gasteiger partial charge in [-0.2, -0.15) is 0 Å². The van der Waals surface area contributed by atoms with E-state index in [4.69, 9.17) is 19.8 Å². The molecule has 0 heterocycles. The zero-order chi connectivity index (χ0) is 18.9. The van der Waals surface area contributed by atoms with Crippen LogP contribution in [0, 0.1) is 11.8 Å². The van der Waals surface area contributed by atoms with Gasteiger partial charge in [0.2, 0.25) is 0 Å². The van der Waals surface area contributed by atoms with Gasteiger partial charge in [-0.3, -0.25) is 23.2 Å². The molecule has 23 heavy (non-hydrogen) atoms. The summed E-state index contributed by atoms with van der Waals surface area (Å²) in [4.78, 5) is 36.9. The second-order valence-corrected chi connectivity index (χ2v) is 4.69.